The van der Waals surface area contributed by atoms with Crippen molar-refractivity contribution in [3.8, 4) is 0 Å². The van der Waals surface area contributed by atoms with Gasteiger partial charge in [-0.2, -0.15) is 0 Å². The number of benzene rings is 1. The molecule has 0 spiro atoms. The van der Waals surface area contributed by atoms with Gasteiger partial charge < -0.3 is 10.6 Å². The minimum Gasteiger partial charge on any atom is -0.383 e. The average molecular weight is 269 g/mol. The van der Waals surface area contributed by atoms with Crippen LogP contribution in [0.2, 0.25) is 0 Å². The molecule has 1 atom stereocenters. The maximum atomic E-state index is 3.56. The van der Waals surface area contributed by atoms with Crippen LogP contribution >= 0.6 is 15.9 Å². The lowest BCUT2D eigenvalue weighted by Gasteiger charge is -2.28. The number of fused-ring (bicyclic) bond motifs is 1. The van der Waals surface area contributed by atoms with Gasteiger partial charge in [0, 0.05) is 28.8 Å². The van der Waals surface area contributed by atoms with E-state index in [-0.39, 0.29) is 0 Å². The molecule has 1 unspecified atom stereocenters. The van der Waals surface area contributed by atoms with Gasteiger partial charge in [-0.15, -0.1) is 0 Å². The van der Waals surface area contributed by atoms with E-state index in [1.807, 2.05) is 0 Å². The van der Waals surface area contributed by atoms with Gasteiger partial charge in [0.25, 0.3) is 0 Å². The van der Waals surface area contributed by atoms with Crippen LogP contribution in [-0.2, 0) is 6.42 Å². The molecule has 1 aromatic rings. The highest BCUT2D eigenvalue weighted by molar-refractivity contribution is 9.10. The van der Waals surface area contributed by atoms with Crippen molar-refractivity contribution in [3.63, 3.8) is 0 Å². The molecule has 3 heteroatoms. The van der Waals surface area contributed by atoms with Gasteiger partial charge in [-0.1, -0.05) is 29.8 Å². The molecule has 0 saturated carbocycles. The predicted molar refractivity (Wildman–Crippen MR) is 68.4 cm³/mol. The Labute approximate surface area is 99.6 Å². The summed E-state index contributed by atoms with van der Waals surface area (Å²) in [6, 6.07) is 7.53. The number of nitrogens with one attached hydrogen (secondary N) is 2. The zero-order valence-electron chi connectivity index (χ0n) is 9.18. The lowest BCUT2D eigenvalue weighted by atomic mass is 9.99. The van der Waals surface area contributed by atoms with Crippen LogP contribution < -0.4 is 10.6 Å². The summed E-state index contributed by atoms with van der Waals surface area (Å²) >= 11 is 3.51. The Morgan fingerprint density at radius 3 is 3.00 bits per heavy atom. The van der Waals surface area contributed by atoms with Gasteiger partial charge in [0.15, 0.2) is 0 Å². The summed E-state index contributed by atoms with van der Waals surface area (Å²) in [5.41, 5.74) is 2.67. The molecule has 1 aromatic carbocycles. The van der Waals surface area contributed by atoms with Crippen molar-refractivity contribution in [2.45, 2.75) is 32.4 Å². The van der Waals surface area contributed by atoms with E-state index in [1.165, 1.54) is 11.3 Å². The maximum Gasteiger partial charge on any atom is 0.0374 e. The second kappa shape index (κ2) is 4.54. The molecule has 0 amide bonds. The lowest BCUT2D eigenvalue weighted by Crippen LogP contribution is -2.43. The van der Waals surface area contributed by atoms with E-state index in [0.29, 0.717) is 12.1 Å². The molecule has 0 aromatic heterocycles. The number of anilines is 1. The second-order valence-corrected chi connectivity index (χ2v) is 5.32. The first kappa shape index (κ1) is 11.0. The molecular formula is C12H17BrN2. The molecule has 15 heavy (non-hydrogen) atoms. The third-order valence-corrected chi connectivity index (χ3v) is 3.13. The molecule has 0 saturated heterocycles. The highest BCUT2D eigenvalue weighted by Gasteiger charge is 2.18. The Balaban J connectivity index is 2.11. The molecule has 82 valence electrons. The molecule has 1 aliphatic rings. The normalized spacial score (nSPS) is 19.9. The Bertz CT molecular complexity index is 349. The molecule has 2 nitrogen and oxygen atoms in total. The zero-order chi connectivity index (χ0) is 10.8. The van der Waals surface area contributed by atoms with Crippen molar-refractivity contribution in [2.75, 3.05) is 11.9 Å². The van der Waals surface area contributed by atoms with E-state index in [4.69, 9.17) is 0 Å². The monoisotopic (exact) mass is 268 g/mol. The highest BCUT2D eigenvalue weighted by Crippen LogP contribution is 2.25. The molecule has 1 aliphatic heterocycles. The Kier molecular flexibility index (Phi) is 3.32. The third kappa shape index (κ3) is 2.73. The number of hydrogen-bond acceptors (Lipinski definition) is 2. The van der Waals surface area contributed by atoms with Crippen molar-refractivity contribution in [1.82, 2.24) is 5.32 Å². The van der Waals surface area contributed by atoms with Crippen molar-refractivity contribution >= 4 is 21.6 Å². The first-order valence-corrected chi connectivity index (χ1v) is 6.23. The molecule has 2 N–H and O–H groups in total. The van der Waals surface area contributed by atoms with Crippen molar-refractivity contribution in [1.29, 1.82) is 0 Å². The largest absolute Gasteiger partial charge is 0.383 e. The molecule has 0 bridgehead atoms. The number of halogens is 1. The minimum absolute atomic E-state index is 0.547. The minimum atomic E-state index is 0.547. The topological polar surface area (TPSA) is 24.1 Å². The molecular weight excluding hydrogens is 252 g/mol. The summed E-state index contributed by atoms with van der Waals surface area (Å²) in [7, 11) is 0. The predicted octanol–water partition coefficient (Wildman–Crippen LogP) is 2.78. The Hall–Kier alpha value is -0.540. The van der Waals surface area contributed by atoms with Crippen LogP contribution in [0.25, 0.3) is 0 Å². The number of rotatable bonds is 2. The highest BCUT2D eigenvalue weighted by atomic mass is 79.9. The first-order chi connectivity index (χ1) is 7.15. The Morgan fingerprint density at radius 2 is 2.27 bits per heavy atom. The summed E-state index contributed by atoms with van der Waals surface area (Å²) in [6.07, 6.45) is 1.11. The summed E-state index contributed by atoms with van der Waals surface area (Å²) in [4.78, 5) is 0. The summed E-state index contributed by atoms with van der Waals surface area (Å²) in [6.45, 7) is 5.40. The maximum absolute atomic E-state index is 3.56. The van der Waals surface area contributed by atoms with Crippen LogP contribution in [0.5, 0.6) is 0 Å². The van der Waals surface area contributed by atoms with Crippen LogP contribution in [0, 0.1) is 0 Å². The summed E-state index contributed by atoms with van der Waals surface area (Å²) in [5.74, 6) is 0. The fourth-order valence-corrected chi connectivity index (χ4v) is 2.47. The van der Waals surface area contributed by atoms with Gasteiger partial charge in [-0.25, -0.2) is 0 Å². The van der Waals surface area contributed by atoms with E-state index in [2.05, 4.69) is 58.6 Å². The first-order valence-electron chi connectivity index (χ1n) is 5.43. The second-order valence-electron chi connectivity index (χ2n) is 4.40. The average Bonchev–Trinajstić information content (AvgIpc) is 2.16. The summed E-state index contributed by atoms with van der Waals surface area (Å²) < 4.78 is 1.16. The lowest BCUT2D eigenvalue weighted by molar-refractivity contribution is 0.467. The molecule has 0 radical (unpaired) electrons. The smallest absolute Gasteiger partial charge is 0.0374 e. The van der Waals surface area contributed by atoms with E-state index < -0.39 is 0 Å². The SMILES string of the molecule is CC(C)NC1CNc2ccc(Br)cc2C1. The van der Waals surface area contributed by atoms with E-state index in [0.717, 1.165) is 17.4 Å². The molecule has 0 fully saturated rings. The van der Waals surface area contributed by atoms with Crippen molar-refractivity contribution in [3.05, 3.63) is 28.2 Å². The van der Waals surface area contributed by atoms with Crippen molar-refractivity contribution in [2.24, 2.45) is 0 Å². The fourth-order valence-electron chi connectivity index (χ4n) is 2.06. The van der Waals surface area contributed by atoms with Crippen LogP contribution in [0.4, 0.5) is 5.69 Å². The van der Waals surface area contributed by atoms with Gasteiger partial charge >= 0.3 is 0 Å². The molecule has 0 aliphatic carbocycles. The van der Waals surface area contributed by atoms with Crippen molar-refractivity contribution < 1.29 is 0 Å². The van der Waals surface area contributed by atoms with Crippen LogP contribution in [0.1, 0.15) is 19.4 Å². The molecule has 2 rings (SSSR count). The van der Waals surface area contributed by atoms with Gasteiger partial charge in [0.05, 0.1) is 0 Å². The zero-order valence-corrected chi connectivity index (χ0v) is 10.8. The summed E-state index contributed by atoms with van der Waals surface area (Å²) in [5, 5.41) is 7.03. The van der Waals surface area contributed by atoms with E-state index in [1.54, 1.807) is 0 Å². The quantitative estimate of drug-likeness (QED) is 0.862. The fraction of sp³-hybridized carbons (Fsp3) is 0.500. The van der Waals surface area contributed by atoms with Crippen LogP contribution in [0.15, 0.2) is 22.7 Å². The van der Waals surface area contributed by atoms with E-state index in [9.17, 15) is 0 Å². The molecule has 1 heterocycles. The van der Waals surface area contributed by atoms with Crippen LogP contribution in [0.3, 0.4) is 0 Å². The van der Waals surface area contributed by atoms with Gasteiger partial charge in [0.1, 0.15) is 0 Å². The van der Waals surface area contributed by atoms with Gasteiger partial charge in [0.2, 0.25) is 0 Å². The number of hydrogen-bond donors (Lipinski definition) is 2. The third-order valence-electron chi connectivity index (χ3n) is 2.64. The Morgan fingerprint density at radius 1 is 1.47 bits per heavy atom. The van der Waals surface area contributed by atoms with E-state index >= 15 is 0 Å². The standard InChI is InChI=1S/C12H17BrN2/c1-8(2)15-11-6-9-5-10(13)3-4-12(9)14-7-11/h3-5,8,11,14-15H,6-7H2,1-2H3. The van der Waals surface area contributed by atoms with Crippen LogP contribution in [-0.4, -0.2) is 18.6 Å². The van der Waals surface area contributed by atoms with Gasteiger partial charge in [-0.05, 0) is 30.2 Å². The van der Waals surface area contributed by atoms with Gasteiger partial charge in [-0.3, -0.25) is 0 Å².